The molecule has 1 aromatic carbocycles. The number of rotatable bonds is 4. The number of anilines is 1. The highest BCUT2D eigenvalue weighted by Gasteiger charge is 2.11. The van der Waals surface area contributed by atoms with Crippen molar-refractivity contribution in [2.24, 2.45) is 0 Å². The van der Waals surface area contributed by atoms with Crippen LogP contribution in [0.3, 0.4) is 0 Å². The lowest BCUT2D eigenvalue weighted by molar-refractivity contribution is 0.598. The number of benzene rings is 1. The first-order valence-electron chi connectivity index (χ1n) is 5.74. The molecule has 18 heavy (non-hydrogen) atoms. The topological polar surface area (TPSA) is 59.1 Å². The average Bonchev–Trinajstić information content (AvgIpc) is 2.27. The molecule has 0 aliphatic heterocycles. The van der Waals surface area contributed by atoms with Gasteiger partial charge in [-0.15, -0.1) is 0 Å². The van der Waals surface area contributed by atoms with Gasteiger partial charge >= 0.3 is 0 Å². The van der Waals surface area contributed by atoms with Gasteiger partial charge in [-0.05, 0) is 19.1 Å². The van der Waals surface area contributed by atoms with Crippen molar-refractivity contribution in [3.05, 3.63) is 36.5 Å². The lowest BCUT2D eigenvalue weighted by Gasteiger charge is -2.15. The summed E-state index contributed by atoms with van der Waals surface area (Å²) in [6.07, 6.45) is 2.97. The number of hydrogen-bond donors (Lipinski definition) is 1. The Balaban J connectivity index is 2.27. The molecule has 0 aliphatic carbocycles. The molecule has 0 aliphatic rings. The zero-order valence-corrected chi connectivity index (χ0v) is 11.2. The highest BCUT2D eigenvalue weighted by molar-refractivity contribution is 7.90. The molecule has 1 atom stereocenters. The van der Waals surface area contributed by atoms with Crippen molar-refractivity contribution in [2.75, 3.05) is 17.3 Å². The van der Waals surface area contributed by atoms with Gasteiger partial charge in [0, 0.05) is 29.6 Å². The van der Waals surface area contributed by atoms with Crippen molar-refractivity contribution in [1.29, 1.82) is 0 Å². The Hall–Kier alpha value is -1.62. The van der Waals surface area contributed by atoms with Gasteiger partial charge in [-0.1, -0.05) is 18.2 Å². The van der Waals surface area contributed by atoms with Gasteiger partial charge in [-0.2, -0.15) is 0 Å². The molecule has 0 saturated carbocycles. The zero-order chi connectivity index (χ0) is 13.2. The lowest BCUT2D eigenvalue weighted by Crippen LogP contribution is -2.25. The summed E-state index contributed by atoms with van der Waals surface area (Å²) in [5.74, 6) is 0.115. The van der Waals surface area contributed by atoms with E-state index in [0.29, 0.717) is 0 Å². The second kappa shape index (κ2) is 4.94. The summed E-state index contributed by atoms with van der Waals surface area (Å²) in [6, 6.07) is 9.50. The van der Waals surface area contributed by atoms with E-state index in [4.69, 9.17) is 0 Å². The van der Waals surface area contributed by atoms with Crippen LogP contribution >= 0.6 is 0 Å². The predicted molar refractivity (Wildman–Crippen MR) is 74.5 cm³/mol. The van der Waals surface area contributed by atoms with Gasteiger partial charge in [0.2, 0.25) is 0 Å². The Morgan fingerprint density at radius 3 is 2.72 bits per heavy atom. The third-order valence-corrected chi connectivity index (χ3v) is 3.71. The van der Waals surface area contributed by atoms with Gasteiger partial charge in [0.1, 0.15) is 9.84 Å². The molecule has 0 radical (unpaired) electrons. The van der Waals surface area contributed by atoms with E-state index in [1.807, 2.05) is 37.3 Å². The van der Waals surface area contributed by atoms with Crippen LogP contribution in [0.5, 0.6) is 0 Å². The van der Waals surface area contributed by atoms with Gasteiger partial charge in [-0.3, -0.25) is 4.98 Å². The summed E-state index contributed by atoms with van der Waals surface area (Å²) >= 11 is 0. The number of fused-ring (bicyclic) bond motifs is 1. The molecule has 1 N–H and O–H groups in total. The van der Waals surface area contributed by atoms with Crippen LogP contribution in [0, 0.1) is 0 Å². The first-order valence-corrected chi connectivity index (χ1v) is 7.80. The second-order valence-electron chi connectivity index (χ2n) is 4.51. The highest BCUT2D eigenvalue weighted by atomic mass is 32.2. The number of sulfone groups is 1. The molecule has 0 fully saturated rings. The van der Waals surface area contributed by atoms with E-state index in [0.717, 1.165) is 16.6 Å². The van der Waals surface area contributed by atoms with E-state index in [1.54, 1.807) is 6.20 Å². The maximum atomic E-state index is 11.2. The first kappa shape index (κ1) is 12.8. The van der Waals surface area contributed by atoms with Crippen LogP contribution in [0.25, 0.3) is 10.9 Å². The zero-order valence-electron chi connectivity index (χ0n) is 10.4. The fourth-order valence-corrected chi connectivity index (χ4v) is 2.97. The van der Waals surface area contributed by atoms with Crippen LogP contribution in [0.2, 0.25) is 0 Å². The molecule has 1 unspecified atom stereocenters. The molecule has 0 bridgehead atoms. The number of nitrogens with one attached hydrogen (secondary N) is 1. The van der Waals surface area contributed by atoms with E-state index >= 15 is 0 Å². The third-order valence-electron chi connectivity index (χ3n) is 2.60. The summed E-state index contributed by atoms with van der Waals surface area (Å²) in [5, 5.41) is 4.22. The quantitative estimate of drug-likeness (QED) is 0.918. The first-order chi connectivity index (χ1) is 8.46. The Morgan fingerprint density at radius 2 is 2.00 bits per heavy atom. The van der Waals surface area contributed by atoms with E-state index in [2.05, 4.69) is 10.3 Å². The molecule has 2 aromatic rings. The largest absolute Gasteiger partial charge is 0.381 e. The molecule has 1 heterocycles. The van der Waals surface area contributed by atoms with Gasteiger partial charge in [0.25, 0.3) is 0 Å². The van der Waals surface area contributed by atoms with Gasteiger partial charge in [0.15, 0.2) is 0 Å². The van der Waals surface area contributed by atoms with Crippen molar-refractivity contribution >= 4 is 26.4 Å². The van der Waals surface area contributed by atoms with Gasteiger partial charge < -0.3 is 5.32 Å². The fraction of sp³-hybridized carbons (Fsp3) is 0.308. The lowest BCUT2D eigenvalue weighted by atomic mass is 10.2. The number of nitrogens with zero attached hydrogens (tertiary/aromatic N) is 1. The van der Waals surface area contributed by atoms with Crippen molar-refractivity contribution < 1.29 is 8.42 Å². The molecule has 2 rings (SSSR count). The summed E-state index contributed by atoms with van der Waals surface area (Å²) in [4.78, 5) is 4.27. The number of para-hydroxylation sites is 1. The Kier molecular flexibility index (Phi) is 3.52. The minimum absolute atomic E-state index is 0.115. The summed E-state index contributed by atoms with van der Waals surface area (Å²) in [5.41, 5.74) is 1.81. The van der Waals surface area contributed by atoms with Crippen LogP contribution in [0.15, 0.2) is 36.5 Å². The SMILES string of the molecule is CC(CS(C)(=O)=O)Nc1ccnc2ccccc12. The standard InChI is InChI=1S/C13H16N2O2S/c1-10(9-18(2,16)17)15-13-7-8-14-12-6-4-3-5-11(12)13/h3-8,10H,9H2,1-2H3,(H,14,15). The Bertz CT molecular complexity index is 648. The summed E-state index contributed by atoms with van der Waals surface area (Å²) in [6.45, 7) is 1.86. The van der Waals surface area contributed by atoms with Crippen LogP contribution in [0.1, 0.15) is 6.92 Å². The maximum absolute atomic E-state index is 11.2. The highest BCUT2D eigenvalue weighted by Crippen LogP contribution is 2.21. The Morgan fingerprint density at radius 1 is 1.28 bits per heavy atom. The molecular formula is C13H16N2O2S. The monoisotopic (exact) mass is 264 g/mol. The Labute approximate surface area is 107 Å². The van der Waals surface area contributed by atoms with Crippen LogP contribution in [0.4, 0.5) is 5.69 Å². The van der Waals surface area contributed by atoms with E-state index < -0.39 is 9.84 Å². The molecular weight excluding hydrogens is 248 g/mol. The number of aromatic nitrogens is 1. The van der Waals surface area contributed by atoms with Gasteiger partial charge in [-0.25, -0.2) is 8.42 Å². The summed E-state index contributed by atoms with van der Waals surface area (Å²) < 4.78 is 22.5. The van der Waals surface area contributed by atoms with Crippen LogP contribution in [-0.4, -0.2) is 31.5 Å². The molecule has 0 spiro atoms. The minimum atomic E-state index is -2.97. The van der Waals surface area contributed by atoms with Crippen LogP contribution < -0.4 is 5.32 Å². The van der Waals surface area contributed by atoms with E-state index in [1.165, 1.54) is 6.26 Å². The second-order valence-corrected chi connectivity index (χ2v) is 6.70. The molecule has 96 valence electrons. The number of hydrogen-bond acceptors (Lipinski definition) is 4. The third kappa shape index (κ3) is 3.20. The van der Waals surface area contributed by atoms with Crippen molar-refractivity contribution in [2.45, 2.75) is 13.0 Å². The molecule has 0 amide bonds. The minimum Gasteiger partial charge on any atom is -0.381 e. The van der Waals surface area contributed by atoms with E-state index in [-0.39, 0.29) is 11.8 Å². The van der Waals surface area contributed by atoms with Gasteiger partial charge in [0.05, 0.1) is 11.3 Å². The molecule has 0 saturated heterocycles. The summed E-state index contributed by atoms with van der Waals surface area (Å²) in [7, 11) is -2.97. The van der Waals surface area contributed by atoms with Crippen molar-refractivity contribution in [1.82, 2.24) is 4.98 Å². The number of pyridine rings is 1. The van der Waals surface area contributed by atoms with Crippen molar-refractivity contribution in [3.8, 4) is 0 Å². The van der Waals surface area contributed by atoms with Crippen molar-refractivity contribution in [3.63, 3.8) is 0 Å². The molecule has 1 aromatic heterocycles. The molecule has 4 nitrogen and oxygen atoms in total. The average molecular weight is 264 g/mol. The normalized spacial score (nSPS) is 13.4. The van der Waals surface area contributed by atoms with Crippen LogP contribution in [-0.2, 0) is 9.84 Å². The smallest absolute Gasteiger partial charge is 0.149 e. The maximum Gasteiger partial charge on any atom is 0.149 e. The van der Waals surface area contributed by atoms with E-state index in [9.17, 15) is 8.42 Å². The molecule has 5 heteroatoms. The predicted octanol–water partition coefficient (Wildman–Crippen LogP) is 2.08. The fourth-order valence-electron chi connectivity index (χ4n) is 1.98.